The van der Waals surface area contributed by atoms with Crippen molar-refractivity contribution in [1.82, 2.24) is 10.5 Å². The molecule has 0 aliphatic heterocycles. The fourth-order valence-corrected chi connectivity index (χ4v) is 2.85. The fourth-order valence-electron chi connectivity index (χ4n) is 2.85. The highest BCUT2D eigenvalue weighted by molar-refractivity contribution is 5.37. The predicted molar refractivity (Wildman–Crippen MR) is 73.5 cm³/mol. The molecule has 0 fully saturated rings. The zero-order valence-electron chi connectivity index (χ0n) is 11.3. The standard InChI is InChI=1S/C15H19N3O/c1-9-13(10(2)19-18-9)8-17-15-7-14(16)11-5-3-4-6-12(11)15/h3-6,14-15,17H,7-8,16H2,1-2H3. The van der Waals surface area contributed by atoms with Gasteiger partial charge in [-0.05, 0) is 31.4 Å². The molecular formula is C15H19N3O. The van der Waals surface area contributed by atoms with Gasteiger partial charge in [0.15, 0.2) is 0 Å². The molecule has 3 N–H and O–H groups in total. The Hall–Kier alpha value is -1.65. The van der Waals surface area contributed by atoms with Gasteiger partial charge in [0.25, 0.3) is 0 Å². The molecule has 0 spiro atoms. The van der Waals surface area contributed by atoms with E-state index in [1.165, 1.54) is 11.1 Å². The Bertz CT molecular complexity index is 571. The minimum atomic E-state index is 0.137. The highest BCUT2D eigenvalue weighted by atomic mass is 16.5. The van der Waals surface area contributed by atoms with Crippen LogP contribution in [0, 0.1) is 13.8 Å². The van der Waals surface area contributed by atoms with Gasteiger partial charge in [0.1, 0.15) is 5.76 Å². The van der Waals surface area contributed by atoms with Crippen LogP contribution in [0.1, 0.15) is 46.6 Å². The van der Waals surface area contributed by atoms with E-state index in [2.05, 4.69) is 34.7 Å². The van der Waals surface area contributed by atoms with Crippen molar-refractivity contribution in [3.8, 4) is 0 Å². The zero-order valence-corrected chi connectivity index (χ0v) is 11.3. The molecule has 3 rings (SSSR count). The summed E-state index contributed by atoms with van der Waals surface area (Å²) in [4.78, 5) is 0. The van der Waals surface area contributed by atoms with Gasteiger partial charge in [-0.15, -0.1) is 0 Å². The summed E-state index contributed by atoms with van der Waals surface area (Å²) in [5.41, 5.74) is 10.9. The second-order valence-electron chi connectivity index (χ2n) is 5.21. The van der Waals surface area contributed by atoms with Gasteiger partial charge in [-0.25, -0.2) is 0 Å². The molecule has 4 nitrogen and oxygen atoms in total. The highest BCUT2D eigenvalue weighted by Gasteiger charge is 2.28. The van der Waals surface area contributed by atoms with Gasteiger partial charge in [0.2, 0.25) is 0 Å². The summed E-state index contributed by atoms with van der Waals surface area (Å²) in [7, 11) is 0. The molecule has 2 atom stereocenters. The maximum absolute atomic E-state index is 6.17. The van der Waals surface area contributed by atoms with E-state index < -0.39 is 0 Å². The summed E-state index contributed by atoms with van der Waals surface area (Å²) in [6.07, 6.45) is 0.947. The maximum atomic E-state index is 6.17. The first kappa shape index (κ1) is 12.4. The minimum Gasteiger partial charge on any atom is -0.361 e. The quantitative estimate of drug-likeness (QED) is 0.887. The molecule has 1 heterocycles. The molecule has 1 aromatic carbocycles. The monoisotopic (exact) mass is 257 g/mol. The number of rotatable bonds is 3. The SMILES string of the molecule is Cc1noc(C)c1CNC1CC(N)c2ccccc21. The second-order valence-corrected chi connectivity index (χ2v) is 5.21. The average Bonchev–Trinajstić information content (AvgIpc) is 2.90. The summed E-state index contributed by atoms with van der Waals surface area (Å²) >= 11 is 0. The van der Waals surface area contributed by atoms with E-state index in [0.29, 0.717) is 6.04 Å². The Morgan fingerprint density at radius 2 is 2.05 bits per heavy atom. The van der Waals surface area contributed by atoms with Crippen LogP contribution in [0.15, 0.2) is 28.8 Å². The van der Waals surface area contributed by atoms with Crippen LogP contribution < -0.4 is 11.1 Å². The first-order chi connectivity index (χ1) is 9.16. The second kappa shape index (κ2) is 4.79. The summed E-state index contributed by atoms with van der Waals surface area (Å²) in [6, 6.07) is 8.86. The molecule has 0 amide bonds. The van der Waals surface area contributed by atoms with Gasteiger partial charge in [-0.3, -0.25) is 0 Å². The van der Waals surface area contributed by atoms with E-state index >= 15 is 0 Å². The number of aromatic nitrogens is 1. The average molecular weight is 257 g/mol. The van der Waals surface area contributed by atoms with Gasteiger partial charge in [0, 0.05) is 24.2 Å². The zero-order chi connectivity index (χ0) is 13.4. The van der Waals surface area contributed by atoms with Gasteiger partial charge >= 0.3 is 0 Å². The van der Waals surface area contributed by atoms with E-state index in [-0.39, 0.29) is 6.04 Å². The number of hydrogen-bond donors (Lipinski definition) is 2. The maximum Gasteiger partial charge on any atom is 0.138 e. The number of fused-ring (bicyclic) bond motifs is 1. The first-order valence-corrected chi connectivity index (χ1v) is 6.66. The van der Waals surface area contributed by atoms with E-state index in [1.54, 1.807) is 0 Å². The number of nitrogens with zero attached hydrogens (tertiary/aromatic N) is 1. The molecule has 2 unspecified atom stereocenters. The van der Waals surface area contributed by atoms with Crippen molar-refractivity contribution in [3.63, 3.8) is 0 Å². The van der Waals surface area contributed by atoms with Gasteiger partial charge in [-0.1, -0.05) is 29.4 Å². The molecule has 1 aliphatic carbocycles. The van der Waals surface area contributed by atoms with Crippen molar-refractivity contribution >= 4 is 0 Å². The van der Waals surface area contributed by atoms with Crippen molar-refractivity contribution < 1.29 is 4.52 Å². The number of hydrogen-bond acceptors (Lipinski definition) is 4. The molecule has 4 heteroatoms. The van der Waals surface area contributed by atoms with Crippen molar-refractivity contribution in [1.29, 1.82) is 0 Å². The smallest absolute Gasteiger partial charge is 0.138 e. The Labute approximate surface area is 113 Å². The third kappa shape index (κ3) is 2.17. The molecule has 0 bridgehead atoms. The first-order valence-electron chi connectivity index (χ1n) is 6.66. The predicted octanol–water partition coefficient (Wildman–Crippen LogP) is 2.53. The molecule has 0 saturated heterocycles. The van der Waals surface area contributed by atoms with Crippen LogP contribution in [0.2, 0.25) is 0 Å². The van der Waals surface area contributed by atoms with Crippen LogP contribution in [0.4, 0.5) is 0 Å². The van der Waals surface area contributed by atoms with Gasteiger partial charge in [0.05, 0.1) is 5.69 Å². The van der Waals surface area contributed by atoms with E-state index in [1.807, 2.05) is 13.8 Å². The van der Waals surface area contributed by atoms with Crippen molar-refractivity contribution in [2.75, 3.05) is 0 Å². The Kier molecular flexibility index (Phi) is 3.12. The third-order valence-electron chi connectivity index (χ3n) is 3.97. The van der Waals surface area contributed by atoms with Crippen LogP contribution in [-0.2, 0) is 6.54 Å². The summed E-state index contributed by atoms with van der Waals surface area (Å²) < 4.78 is 5.19. The molecule has 2 aromatic rings. The van der Waals surface area contributed by atoms with Crippen LogP contribution in [0.5, 0.6) is 0 Å². The number of aryl methyl sites for hydroxylation is 2. The number of benzene rings is 1. The summed E-state index contributed by atoms with van der Waals surface area (Å²) in [6.45, 7) is 4.69. The van der Waals surface area contributed by atoms with Gasteiger partial charge in [-0.2, -0.15) is 0 Å². The topological polar surface area (TPSA) is 64.1 Å². The number of nitrogens with two attached hydrogens (primary N) is 1. The Morgan fingerprint density at radius 1 is 1.32 bits per heavy atom. The number of nitrogens with one attached hydrogen (secondary N) is 1. The van der Waals surface area contributed by atoms with Crippen LogP contribution >= 0.6 is 0 Å². The molecule has 1 aliphatic rings. The molecule has 0 saturated carbocycles. The lowest BCUT2D eigenvalue weighted by atomic mass is 10.1. The fraction of sp³-hybridized carbons (Fsp3) is 0.400. The van der Waals surface area contributed by atoms with Crippen LogP contribution in [-0.4, -0.2) is 5.16 Å². The van der Waals surface area contributed by atoms with Crippen molar-refractivity contribution in [2.45, 2.75) is 38.9 Å². The van der Waals surface area contributed by atoms with E-state index in [9.17, 15) is 0 Å². The van der Waals surface area contributed by atoms with Crippen LogP contribution in [0.3, 0.4) is 0 Å². The van der Waals surface area contributed by atoms with Crippen molar-refractivity contribution in [2.24, 2.45) is 5.73 Å². The Balaban J connectivity index is 1.76. The molecule has 19 heavy (non-hydrogen) atoms. The highest BCUT2D eigenvalue weighted by Crippen LogP contribution is 2.37. The molecule has 100 valence electrons. The van der Waals surface area contributed by atoms with E-state index in [4.69, 9.17) is 10.3 Å². The summed E-state index contributed by atoms with van der Waals surface area (Å²) in [5.74, 6) is 0.889. The molecular weight excluding hydrogens is 238 g/mol. The summed E-state index contributed by atoms with van der Waals surface area (Å²) in [5, 5.41) is 7.55. The molecule has 1 aromatic heterocycles. The lowest BCUT2D eigenvalue weighted by Crippen LogP contribution is -2.20. The van der Waals surface area contributed by atoms with E-state index in [0.717, 1.165) is 30.0 Å². The largest absolute Gasteiger partial charge is 0.361 e. The molecule has 0 radical (unpaired) electrons. The third-order valence-corrected chi connectivity index (χ3v) is 3.97. The minimum absolute atomic E-state index is 0.137. The Morgan fingerprint density at radius 3 is 2.74 bits per heavy atom. The van der Waals surface area contributed by atoms with Crippen LogP contribution in [0.25, 0.3) is 0 Å². The lowest BCUT2D eigenvalue weighted by molar-refractivity contribution is 0.391. The van der Waals surface area contributed by atoms with Crippen molar-refractivity contribution in [3.05, 3.63) is 52.4 Å². The van der Waals surface area contributed by atoms with Gasteiger partial charge < -0.3 is 15.6 Å². The normalized spacial score (nSPS) is 21.6. The lowest BCUT2D eigenvalue weighted by Gasteiger charge is -2.13.